The molecular weight excluding hydrogens is 379 g/mol. The van der Waals surface area contributed by atoms with Crippen LogP contribution in [0.25, 0.3) is 0 Å². The fourth-order valence-electron chi connectivity index (χ4n) is 4.00. The van der Waals surface area contributed by atoms with Gasteiger partial charge in [0.1, 0.15) is 11.6 Å². The number of allylic oxidation sites excluding steroid dienone is 2. The molecule has 0 bridgehead atoms. The number of benzene rings is 1. The third-order valence-electron chi connectivity index (χ3n) is 5.37. The summed E-state index contributed by atoms with van der Waals surface area (Å²) in [7, 11) is 1.54. The SMILES string of the molecule is C=C=C(Cc1ccc(NC2(C)C=CC3=C(CN(OC(C)(C)C)CC3)C2)cc1F)OC.[HH]. The fourth-order valence-corrected chi connectivity index (χ4v) is 4.00. The van der Waals surface area contributed by atoms with Crippen LogP contribution in [0.5, 0.6) is 0 Å². The largest absolute Gasteiger partial charge is 0.493 e. The van der Waals surface area contributed by atoms with E-state index in [9.17, 15) is 4.39 Å². The van der Waals surface area contributed by atoms with Crippen LogP contribution in [0.1, 0.15) is 47.5 Å². The Hall–Kier alpha value is -2.33. The standard InChI is InChI=1S/C25H33FN2O2.H2/c1-7-22(29-6)14-19-8-9-21(15-23(19)26)27-25(5)12-10-18-11-13-28(17-20(18)16-25)30-24(2,3)4;/h8-10,12,15,27H,1,11,13-14,16-17H2,2-6H3;1H. The highest BCUT2D eigenvalue weighted by Gasteiger charge is 2.31. The summed E-state index contributed by atoms with van der Waals surface area (Å²) in [5.74, 6) is 0.256. The van der Waals surface area contributed by atoms with E-state index in [4.69, 9.17) is 9.57 Å². The van der Waals surface area contributed by atoms with Crippen LogP contribution in [0.3, 0.4) is 0 Å². The molecule has 164 valence electrons. The Morgan fingerprint density at radius 3 is 2.80 bits per heavy atom. The van der Waals surface area contributed by atoms with Gasteiger partial charge in [0.25, 0.3) is 0 Å². The molecular formula is C25H35FN2O2. The van der Waals surface area contributed by atoms with Crippen molar-refractivity contribution in [3.05, 3.63) is 70.9 Å². The van der Waals surface area contributed by atoms with E-state index in [2.05, 4.69) is 62.5 Å². The van der Waals surface area contributed by atoms with E-state index in [1.165, 1.54) is 11.1 Å². The summed E-state index contributed by atoms with van der Waals surface area (Å²) < 4.78 is 19.8. The van der Waals surface area contributed by atoms with E-state index in [0.717, 1.165) is 31.6 Å². The summed E-state index contributed by atoms with van der Waals surface area (Å²) in [6, 6.07) is 5.24. The number of rotatable bonds is 6. The predicted molar refractivity (Wildman–Crippen MR) is 122 cm³/mol. The molecule has 0 saturated heterocycles. The molecule has 1 heterocycles. The zero-order valence-corrected chi connectivity index (χ0v) is 18.8. The van der Waals surface area contributed by atoms with Gasteiger partial charge in [0.05, 0.1) is 18.2 Å². The highest BCUT2D eigenvalue weighted by atomic mass is 19.1. The zero-order chi connectivity index (χ0) is 21.9. The molecule has 0 radical (unpaired) electrons. The molecule has 1 unspecified atom stereocenters. The first-order chi connectivity index (χ1) is 14.1. The minimum Gasteiger partial charge on any atom is -0.493 e. The summed E-state index contributed by atoms with van der Waals surface area (Å²) in [5.41, 5.74) is 6.30. The van der Waals surface area contributed by atoms with Gasteiger partial charge in [-0.2, -0.15) is 5.06 Å². The lowest BCUT2D eigenvalue weighted by atomic mass is 9.82. The van der Waals surface area contributed by atoms with Crippen molar-refractivity contribution in [3.63, 3.8) is 0 Å². The molecule has 0 fully saturated rings. The maximum Gasteiger partial charge on any atom is 0.142 e. The van der Waals surface area contributed by atoms with E-state index in [1.807, 2.05) is 6.07 Å². The maximum absolute atomic E-state index is 14.6. The van der Waals surface area contributed by atoms with Crippen LogP contribution in [0, 0.1) is 5.82 Å². The Labute approximate surface area is 181 Å². The Balaban J connectivity index is 0.00000341. The van der Waals surface area contributed by atoms with E-state index < -0.39 is 0 Å². The van der Waals surface area contributed by atoms with Crippen LogP contribution in [-0.4, -0.2) is 36.4 Å². The van der Waals surface area contributed by atoms with Crippen LogP contribution >= 0.6 is 0 Å². The van der Waals surface area contributed by atoms with Gasteiger partial charge in [-0.3, -0.25) is 4.84 Å². The number of anilines is 1. The molecule has 0 amide bonds. The maximum atomic E-state index is 14.6. The molecule has 0 spiro atoms. The molecule has 5 heteroatoms. The monoisotopic (exact) mass is 414 g/mol. The van der Waals surface area contributed by atoms with Gasteiger partial charge in [0.2, 0.25) is 0 Å². The van der Waals surface area contributed by atoms with Gasteiger partial charge in [-0.1, -0.05) is 30.5 Å². The average Bonchev–Trinajstić information content (AvgIpc) is 2.65. The number of methoxy groups -OCH3 is 1. The van der Waals surface area contributed by atoms with Crippen LogP contribution in [0.15, 0.2) is 59.6 Å². The van der Waals surface area contributed by atoms with Gasteiger partial charge in [0.15, 0.2) is 0 Å². The van der Waals surface area contributed by atoms with Gasteiger partial charge in [-0.15, -0.1) is 0 Å². The molecule has 1 atom stereocenters. The third-order valence-corrected chi connectivity index (χ3v) is 5.37. The minimum atomic E-state index is -0.282. The predicted octanol–water partition coefficient (Wildman–Crippen LogP) is 5.79. The van der Waals surface area contributed by atoms with Gasteiger partial charge in [0, 0.05) is 26.6 Å². The first-order valence-electron chi connectivity index (χ1n) is 10.4. The average molecular weight is 415 g/mol. The van der Waals surface area contributed by atoms with Gasteiger partial charge < -0.3 is 10.1 Å². The van der Waals surface area contributed by atoms with Gasteiger partial charge >= 0.3 is 0 Å². The Bertz CT molecular complexity index is 913. The van der Waals surface area contributed by atoms with Crippen molar-refractivity contribution >= 4 is 5.69 Å². The topological polar surface area (TPSA) is 33.7 Å². The molecule has 30 heavy (non-hydrogen) atoms. The Morgan fingerprint density at radius 1 is 1.40 bits per heavy atom. The summed E-state index contributed by atoms with van der Waals surface area (Å²) in [6.45, 7) is 13.6. The van der Waals surface area contributed by atoms with Crippen molar-refractivity contribution in [3.8, 4) is 0 Å². The first kappa shape index (κ1) is 22.4. The van der Waals surface area contributed by atoms with Crippen molar-refractivity contribution in [2.75, 3.05) is 25.5 Å². The molecule has 3 rings (SSSR count). The second-order valence-corrected chi connectivity index (χ2v) is 9.29. The number of nitrogens with zero attached hydrogens (tertiary/aromatic N) is 1. The van der Waals surface area contributed by atoms with Crippen molar-refractivity contribution in [1.82, 2.24) is 5.06 Å². The number of hydrogen-bond donors (Lipinski definition) is 1. The Kier molecular flexibility index (Phi) is 6.56. The lowest BCUT2D eigenvalue weighted by Gasteiger charge is -2.40. The molecule has 1 aliphatic carbocycles. The van der Waals surface area contributed by atoms with Gasteiger partial charge in [-0.05, 0) is 69.4 Å². The summed E-state index contributed by atoms with van der Waals surface area (Å²) in [5, 5.41) is 5.58. The van der Waals surface area contributed by atoms with Gasteiger partial charge in [-0.25, -0.2) is 4.39 Å². The quantitative estimate of drug-likeness (QED) is 0.472. The Morgan fingerprint density at radius 2 is 2.17 bits per heavy atom. The highest BCUT2D eigenvalue weighted by molar-refractivity contribution is 5.51. The van der Waals surface area contributed by atoms with Crippen LogP contribution in [0.4, 0.5) is 10.1 Å². The molecule has 0 saturated carbocycles. The van der Waals surface area contributed by atoms with E-state index >= 15 is 0 Å². The minimum absolute atomic E-state index is 0. The van der Waals surface area contributed by atoms with Crippen LogP contribution in [-0.2, 0) is 16.0 Å². The lowest BCUT2D eigenvalue weighted by molar-refractivity contribution is -0.226. The molecule has 4 nitrogen and oxygen atoms in total. The second kappa shape index (κ2) is 8.81. The lowest BCUT2D eigenvalue weighted by Crippen LogP contribution is -2.42. The fraction of sp³-hybridized carbons (Fsp3) is 0.480. The zero-order valence-electron chi connectivity index (χ0n) is 18.8. The smallest absolute Gasteiger partial charge is 0.142 e. The van der Waals surface area contributed by atoms with Crippen molar-refractivity contribution < 1.29 is 15.4 Å². The molecule has 1 aromatic rings. The number of hydrogen-bond acceptors (Lipinski definition) is 4. The highest BCUT2D eigenvalue weighted by Crippen LogP contribution is 2.35. The molecule has 0 aromatic heterocycles. The van der Waals surface area contributed by atoms with Crippen LogP contribution in [0.2, 0.25) is 0 Å². The number of ether oxygens (including phenoxy) is 1. The summed E-state index contributed by atoms with van der Waals surface area (Å²) in [6.07, 6.45) is 6.59. The van der Waals surface area contributed by atoms with E-state index in [0.29, 0.717) is 17.7 Å². The number of hydroxylamine groups is 2. The van der Waals surface area contributed by atoms with E-state index in [-0.39, 0.29) is 18.4 Å². The van der Waals surface area contributed by atoms with E-state index in [1.54, 1.807) is 19.2 Å². The molecule has 2 aliphatic rings. The first-order valence-corrected chi connectivity index (χ1v) is 10.4. The summed E-state index contributed by atoms with van der Waals surface area (Å²) >= 11 is 0. The number of nitrogens with one attached hydrogen (secondary N) is 1. The molecule has 1 N–H and O–H groups in total. The third kappa shape index (κ3) is 5.63. The van der Waals surface area contributed by atoms with Crippen molar-refractivity contribution in [2.45, 2.75) is 58.1 Å². The number of halogens is 1. The van der Waals surface area contributed by atoms with Crippen LogP contribution < -0.4 is 5.32 Å². The van der Waals surface area contributed by atoms with Crippen molar-refractivity contribution in [2.24, 2.45) is 0 Å². The normalized spacial score (nSPS) is 21.8. The molecule has 1 aliphatic heterocycles. The molecule has 1 aromatic carbocycles. The summed E-state index contributed by atoms with van der Waals surface area (Å²) in [4.78, 5) is 6.08. The second-order valence-electron chi connectivity index (χ2n) is 9.29. The van der Waals surface area contributed by atoms with Crippen molar-refractivity contribution in [1.29, 1.82) is 0 Å².